The Kier molecular flexibility index (Phi) is 4.13. The Morgan fingerprint density at radius 1 is 1.14 bits per heavy atom. The van der Waals surface area contributed by atoms with Crippen LogP contribution in [0.3, 0.4) is 0 Å². The summed E-state index contributed by atoms with van der Waals surface area (Å²) in [6.07, 6.45) is 0. The number of sulfonamides is 1. The van der Waals surface area contributed by atoms with Gasteiger partial charge >= 0.3 is 5.97 Å². The van der Waals surface area contributed by atoms with E-state index in [4.69, 9.17) is 9.84 Å². The van der Waals surface area contributed by atoms with Crippen molar-refractivity contribution in [3.8, 4) is 5.75 Å². The molecule has 0 saturated heterocycles. The molecule has 2 rings (SSSR count). The number of hydrogen-bond donors (Lipinski definition) is 2. The van der Waals surface area contributed by atoms with Crippen LogP contribution in [-0.2, 0) is 10.0 Å². The standard InChI is InChI=1S/C14H13NO5S/c1-20-12-3-2-4-13(9-12)21(18,19)15-11-7-5-10(6-8-11)14(16)17/h2-9,15H,1H3,(H,16,17). The zero-order valence-electron chi connectivity index (χ0n) is 11.1. The second-order valence-electron chi connectivity index (χ2n) is 4.17. The molecule has 0 spiro atoms. The third-order valence-corrected chi connectivity index (χ3v) is 4.11. The SMILES string of the molecule is COc1cccc(S(=O)(=O)Nc2ccc(C(=O)O)cc2)c1. The predicted octanol–water partition coefficient (Wildman–Crippen LogP) is 2.19. The van der Waals surface area contributed by atoms with Gasteiger partial charge in [0.15, 0.2) is 0 Å². The maximum atomic E-state index is 12.2. The van der Waals surface area contributed by atoms with E-state index in [9.17, 15) is 13.2 Å². The van der Waals surface area contributed by atoms with E-state index in [1.807, 2.05) is 0 Å². The molecule has 7 heteroatoms. The van der Waals surface area contributed by atoms with Crippen molar-refractivity contribution in [3.63, 3.8) is 0 Å². The summed E-state index contributed by atoms with van der Waals surface area (Å²) in [6, 6.07) is 11.5. The number of ether oxygens (including phenoxy) is 1. The largest absolute Gasteiger partial charge is 0.497 e. The highest BCUT2D eigenvalue weighted by atomic mass is 32.2. The summed E-state index contributed by atoms with van der Waals surface area (Å²) in [7, 11) is -2.31. The quantitative estimate of drug-likeness (QED) is 0.883. The Morgan fingerprint density at radius 2 is 1.81 bits per heavy atom. The second-order valence-corrected chi connectivity index (χ2v) is 5.85. The average molecular weight is 307 g/mol. The van der Waals surface area contributed by atoms with Crippen molar-refractivity contribution in [1.82, 2.24) is 0 Å². The molecule has 6 nitrogen and oxygen atoms in total. The minimum atomic E-state index is -3.76. The number of aromatic carboxylic acids is 1. The van der Waals surface area contributed by atoms with E-state index in [0.29, 0.717) is 5.75 Å². The number of hydrogen-bond acceptors (Lipinski definition) is 4. The zero-order chi connectivity index (χ0) is 15.5. The third-order valence-electron chi connectivity index (χ3n) is 2.74. The molecule has 2 N–H and O–H groups in total. The van der Waals surface area contributed by atoms with Crippen molar-refractivity contribution < 1.29 is 23.1 Å². The van der Waals surface area contributed by atoms with Crippen LogP contribution in [0.5, 0.6) is 5.75 Å². The summed E-state index contributed by atoms with van der Waals surface area (Å²) in [5, 5.41) is 8.79. The van der Waals surface area contributed by atoms with Crippen molar-refractivity contribution in [2.75, 3.05) is 11.8 Å². The lowest BCUT2D eigenvalue weighted by Crippen LogP contribution is -2.13. The molecule has 0 saturated carbocycles. The molecule has 2 aromatic carbocycles. The highest BCUT2D eigenvalue weighted by Gasteiger charge is 2.15. The van der Waals surface area contributed by atoms with E-state index < -0.39 is 16.0 Å². The van der Waals surface area contributed by atoms with Crippen LogP contribution in [0, 0.1) is 0 Å². The summed E-state index contributed by atoms with van der Waals surface area (Å²) in [5.41, 5.74) is 0.363. The molecule has 0 aliphatic rings. The second kappa shape index (κ2) is 5.84. The van der Waals surface area contributed by atoms with E-state index in [-0.39, 0.29) is 16.1 Å². The van der Waals surface area contributed by atoms with Crippen LogP contribution in [0.15, 0.2) is 53.4 Å². The molecule has 0 radical (unpaired) electrons. The van der Waals surface area contributed by atoms with Gasteiger partial charge in [-0.3, -0.25) is 4.72 Å². The van der Waals surface area contributed by atoms with E-state index in [0.717, 1.165) is 0 Å². The Hall–Kier alpha value is -2.54. The molecule has 0 atom stereocenters. The number of benzene rings is 2. The van der Waals surface area contributed by atoms with Gasteiger partial charge < -0.3 is 9.84 Å². The lowest BCUT2D eigenvalue weighted by molar-refractivity contribution is 0.0697. The van der Waals surface area contributed by atoms with Gasteiger partial charge in [-0.2, -0.15) is 0 Å². The third kappa shape index (κ3) is 3.51. The van der Waals surface area contributed by atoms with Crippen molar-refractivity contribution in [1.29, 1.82) is 0 Å². The van der Waals surface area contributed by atoms with Gasteiger partial charge in [-0.1, -0.05) is 6.07 Å². The minimum absolute atomic E-state index is 0.0594. The van der Waals surface area contributed by atoms with Crippen LogP contribution in [0.1, 0.15) is 10.4 Å². The highest BCUT2D eigenvalue weighted by molar-refractivity contribution is 7.92. The minimum Gasteiger partial charge on any atom is -0.497 e. The van der Waals surface area contributed by atoms with Crippen molar-refractivity contribution >= 4 is 21.7 Å². The summed E-state index contributed by atoms with van der Waals surface area (Å²) in [4.78, 5) is 10.8. The molecule has 0 aliphatic heterocycles. The molecule has 0 fully saturated rings. The van der Waals surface area contributed by atoms with E-state index in [1.165, 1.54) is 43.5 Å². The number of methoxy groups -OCH3 is 1. The van der Waals surface area contributed by atoms with Crippen molar-refractivity contribution in [2.45, 2.75) is 4.90 Å². The first-order chi connectivity index (χ1) is 9.92. The van der Waals surface area contributed by atoms with Gasteiger partial charge in [0.05, 0.1) is 17.6 Å². The van der Waals surface area contributed by atoms with Gasteiger partial charge in [-0.25, -0.2) is 13.2 Å². The Bertz CT molecular complexity index is 753. The number of carboxylic acid groups (broad SMARTS) is 1. The fourth-order valence-corrected chi connectivity index (χ4v) is 2.76. The molecule has 110 valence electrons. The number of carboxylic acids is 1. The molecule has 0 unspecified atom stereocenters. The predicted molar refractivity (Wildman–Crippen MR) is 77.2 cm³/mol. The van der Waals surface area contributed by atoms with Gasteiger partial charge in [0.2, 0.25) is 0 Å². The fourth-order valence-electron chi connectivity index (χ4n) is 1.66. The average Bonchev–Trinajstić information content (AvgIpc) is 2.47. The topological polar surface area (TPSA) is 92.7 Å². The maximum absolute atomic E-state index is 12.2. The highest BCUT2D eigenvalue weighted by Crippen LogP contribution is 2.20. The van der Waals surface area contributed by atoms with Gasteiger partial charge in [-0.15, -0.1) is 0 Å². The Balaban J connectivity index is 2.26. The molecule has 0 bridgehead atoms. The van der Waals surface area contributed by atoms with Crippen LogP contribution >= 0.6 is 0 Å². The fraction of sp³-hybridized carbons (Fsp3) is 0.0714. The first kappa shape index (κ1) is 14.9. The molecule has 0 aliphatic carbocycles. The number of rotatable bonds is 5. The van der Waals surface area contributed by atoms with Gasteiger partial charge in [0.1, 0.15) is 5.75 Å². The first-order valence-corrected chi connectivity index (χ1v) is 7.41. The first-order valence-electron chi connectivity index (χ1n) is 5.92. The van der Waals surface area contributed by atoms with Gasteiger partial charge in [0.25, 0.3) is 10.0 Å². The van der Waals surface area contributed by atoms with Crippen LogP contribution in [0.2, 0.25) is 0 Å². The number of nitrogens with one attached hydrogen (secondary N) is 1. The normalized spacial score (nSPS) is 10.9. The number of carbonyl (C=O) groups is 1. The molecule has 0 aromatic heterocycles. The Morgan fingerprint density at radius 3 is 2.38 bits per heavy atom. The molecule has 2 aromatic rings. The van der Waals surface area contributed by atoms with Crippen LogP contribution in [-0.4, -0.2) is 26.6 Å². The lowest BCUT2D eigenvalue weighted by Gasteiger charge is -2.09. The Labute approximate surface area is 122 Å². The summed E-state index contributed by atoms with van der Waals surface area (Å²) >= 11 is 0. The lowest BCUT2D eigenvalue weighted by atomic mass is 10.2. The molecule has 21 heavy (non-hydrogen) atoms. The summed E-state index contributed by atoms with van der Waals surface area (Å²) < 4.78 is 31.8. The van der Waals surface area contributed by atoms with Gasteiger partial charge in [-0.05, 0) is 36.4 Å². The monoisotopic (exact) mass is 307 g/mol. The van der Waals surface area contributed by atoms with E-state index in [2.05, 4.69) is 4.72 Å². The van der Waals surface area contributed by atoms with Crippen molar-refractivity contribution in [2.24, 2.45) is 0 Å². The molecule has 0 amide bonds. The smallest absolute Gasteiger partial charge is 0.335 e. The van der Waals surface area contributed by atoms with Crippen LogP contribution < -0.4 is 9.46 Å². The van der Waals surface area contributed by atoms with Crippen LogP contribution in [0.4, 0.5) is 5.69 Å². The van der Waals surface area contributed by atoms with Gasteiger partial charge in [0, 0.05) is 11.8 Å². The molecular formula is C14H13NO5S. The van der Waals surface area contributed by atoms with Crippen LogP contribution in [0.25, 0.3) is 0 Å². The van der Waals surface area contributed by atoms with E-state index in [1.54, 1.807) is 12.1 Å². The maximum Gasteiger partial charge on any atom is 0.335 e. The molecule has 0 heterocycles. The summed E-state index contributed by atoms with van der Waals surface area (Å²) in [6.45, 7) is 0. The zero-order valence-corrected chi connectivity index (χ0v) is 11.9. The van der Waals surface area contributed by atoms with E-state index >= 15 is 0 Å². The summed E-state index contributed by atoms with van der Waals surface area (Å²) in [5.74, 6) is -0.642. The number of anilines is 1. The van der Waals surface area contributed by atoms with Crippen molar-refractivity contribution in [3.05, 3.63) is 54.1 Å². The molecular weight excluding hydrogens is 294 g/mol.